The van der Waals surface area contributed by atoms with Gasteiger partial charge in [-0.05, 0) is 61.2 Å². The number of phenols is 1. The fraction of sp³-hybridized carbons (Fsp3) is 0.600. The van der Waals surface area contributed by atoms with Gasteiger partial charge in [0.05, 0.1) is 17.9 Å². The number of hydrogen-bond acceptors (Lipinski definition) is 5. The van der Waals surface area contributed by atoms with Gasteiger partial charge in [0, 0.05) is 11.1 Å². The number of likely N-dealkylation sites (tertiary alicyclic amines) is 1. The molecule has 0 aromatic heterocycles. The Balaban J connectivity index is 1.51. The van der Waals surface area contributed by atoms with Crippen LogP contribution in [0.2, 0.25) is 5.02 Å². The maximum absolute atomic E-state index is 13.7. The van der Waals surface area contributed by atoms with Crippen LogP contribution in [0.25, 0.3) is 0 Å². The molecule has 0 radical (unpaired) electrons. The van der Waals surface area contributed by atoms with Crippen LogP contribution in [0.1, 0.15) is 76.4 Å². The van der Waals surface area contributed by atoms with Crippen LogP contribution in [-0.4, -0.2) is 40.0 Å². The number of aromatic hydroxyl groups is 1. The highest BCUT2D eigenvalue weighted by Crippen LogP contribution is 2.53. The van der Waals surface area contributed by atoms with E-state index in [-0.39, 0.29) is 35.4 Å². The molecule has 33 heavy (non-hydrogen) atoms. The third-order valence-electron chi connectivity index (χ3n) is 8.07. The zero-order valence-corrected chi connectivity index (χ0v) is 19.8. The lowest BCUT2D eigenvalue weighted by Gasteiger charge is -2.42. The van der Waals surface area contributed by atoms with Gasteiger partial charge in [0.2, 0.25) is 11.8 Å². The molecule has 0 unspecified atom stereocenters. The average molecular weight is 472 g/mol. The largest absolute Gasteiger partial charge is 0.508 e. The van der Waals surface area contributed by atoms with Crippen LogP contribution in [0.5, 0.6) is 5.75 Å². The Bertz CT molecular complexity index is 991. The van der Waals surface area contributed by atoms with E-state index in [9.17, 15) is 19.7 Å². The number of hydrogen-bond donors (Lipinski definition) is 2. The predicted octanol–water partition coefficient (Wildman–Crippen LogP) is 4.58. The van der Waals surface area contributed by atoms with Crippen LogP contribution in [0.15, 0.2) is 29.2 Å². The van der Waals surface area contributed by atoms with Crippen molar-refractivity contribution in [3.05, 3.63) is 39.8 Å². The van der Waals surface area contributed by atoms with Crippen molar-refractivity contribution in [1.29, 1.82) is 0 Å². The monoisotopic (exact) mass is 471 g/mol. The SMILES string of the molecule is CCCC1=C2B(O)O[C@H](c3ccc(O)cc3Cl)C[C@H]2[C@H]2C(=O)N(C3CCCCC3)C(=O)[C@H]2C1. The second kappa shape index (κ2) is 9.08. The molecule has 2 amide bonds. The molecule has 4 atom stereocenters. The van der Waals surface area contributed by atoms with Crippen molar-refractivity contribution < 1.29 is 24.4 Å². The molecule has 2 N–H and O–H groups in total. The van der Waals surface area contributed by atoms with E-state index in [1.807, 2.05) is 0 Å². The quantitative estimate of drug-likeness (QED) is 0.496. The Morgan fingerprint density at radius 2 is 1.91 bits per heavy atom. The Labute approximate surface area is 200 Å². The van der Waals surface area contributed by atoms with Crippen LogP contribution in [0, 0.1) is 17.8 Å². The number of benzene rings is 1. The Hall–Kier alpha value is -1.83. The minimum atomic E-state index is -1.13. The zero-order chi connectivity index (χ0) is 23.3. The summed E-state index contributed by atoms with van der Waals surface area (Å²) in [6.07, 6.45) is 7.22. The molecule has 2 aliphatic heterocycles. The molecule has 6 nitrogen and oxygen atoms in total. The molecule has 3 fully saturated rings. The Morgan fingerprint density at radius 1 is 1.15 bits per heavy atom. The number of allylic oxidation sites excluding steroid dienone is 2. The summed E-state index contributed by atoms with van der Waals surface area (Å²) < 4.78 is 6.01. The third kappa shape index (κ3) is 3.92. The summed E-state index contributed by atoms with van der Waals surface area (Å²) >= 11 is 6.39. The van der Waals surface area contributed by atoms with Crippen LogP contribution < -0.4 is 0 Å². The van der Waals surface area contributed by atoms with Gasteiger partial charge in [-0.1, -0.05) is 55.8 Å². The summed E-state index contributed by atoms with van der Waals surface area (Å²) in [5.41, 5.74) is 2.54. The molecule has 176 valence electrons. The maximum Gasteiger partial charge on any atom is 0.487 e. The lowest BCUT2D eigenvalue weighted by Crippen LogP contribution is -2.45. The van der Waals surface area contributed by atoms with Gasteiger partial charge in [-0.3, -0.25) is 14.5 Å². The summed E-state index contributed by atoms with van der Waals surface area (Å²) in [5.74, 6) is -1.09. The van der Waals surface area contributed by atoms with Gasteiger partial charge in [0.1, 0.15) is 5.75 Å². The van der Waals surface area contributed by atoms with Gasteiger partial charge in [0.25, 0.3) is 0 Å². The van der Waals surface area contributed by atoms with Gasteiger partial charge < -0.3 is 14.8 Å². The summed E-state index contributed by atoms with van der Waals surface area (Å²) in [6, 6.07) is 4.71. The second-order valence-electron chi connectivity index (χ2n) is 10.0. The number of halogens is 1. The van der Waals surface area contributed by atoms with Crippen molar-refractivity contribution in [3.63, 3.8) is 0 Å². The van der Waals surface area contributed by atoms with E-state index < -0.39 is 19.1 Å². The molecule has 4 aliphatic rings. The van der Waals surface area contributed by atoms with E-state index in [0.717, 1.165) is 56.0 Å². The van der Waals surface area contributed by atoms with E-state index in [2.05, 4.69) is 6.92 Å². The molecule has 0 bridgehead atoms. The van der Waals surface area contributed by atoms with Crippen molar-refractivity contribution >= 4 is 30.5 Å². The molecule has 5 rings (SSSR count). The zero-order valence-electron chi connectivity index (χ0n) is 19.0. The number of imide groups is 1. The van der Waals surface area contributed by atoms with E-state index in [1.165, 1.54) is 6.07 Å². The summed E-state index contributed by atoms with van der Waals surface area (Å²) in [4.78, 5) is 28.9. The molecule has 1 saturated carbocycles. The minimum absolute atomic E-state index is 0.00882. The van der Waals surface area contributed by atoms with Gasteiger partial charge in [-0.15, -0.1) is 0 Å². The second-order valence-corrected chi connectivity index (χ2v) is 10.4. The summed E-state index contributed by atoms with van der Waals surface area (Å²) in [6.45, 7) is 2.08. The highest BCUT2D eigenvalue weighted by atomic mass is 35.5. The molecule has 1 aromatic rings. The predicted molar refractivity (Wildman–Crippen MR) is 125 cm³/mol. The topological polar surface area (TPSA) is 87.1 Å². The smallest absolute Gasteiger partial charge is 0.487 e. The first-order valence-corrected chi connectivity index (χ1v) is 12.7. The van der Waals surface area contributed by atoms with E-state index in [1.54, 1.807) is 17.0 Å². The minimum Gasteiger partial charge on any atom is -0.508 e. The third-order valence-corrected chi connectivity index (χ3v) is 8.40. The Kier molecular flexibility index (Phi) is 6.31. The van der Waals surface area contributed by atoms with Crippen molar-refractivity contribution in [2.45, 2.75) is 76.9 Å². The van der Waals surface area contributed by atoms with E-state index in [0.29, 0.717) is 23.4 Å². The molecule has 0 spiro atoms. The molecule has 8 heteroatoms. The maximum atomic E-state index is 13.7. The molecule has 1 aromatic carbocycles. The van der Waals surface area contributed by atoms with Gasteiger partial charge in [-0.25, -0.2) is 0 Å². The Morgan fingerprint density at radius 3 is 2.61 bits per heavy atom. The highest BCUT2D eigenvalue weighted by Gasteiger charge is 2.58. The van der Waals surface area contributed by atoms with Crippen LogP contribution >= 0.6 is 11.6 Å². The first kappa shape index (κ1) is 22.9. The van der Waals surface area contributed by atoms with Gasteiger partial charge in [-0.2, -0.15) is 0 Å². The number of phenolic OH excluding ortho intramolecular Hbond substituents is 1. The number of carbonyl (C=O) groups excluding carboxylic acids is 2. The van der Waals surface area contributed by atoms with Crippen molar-refractivity contribution in [1.82, 2.24) is 4.90 Å². The van der Waals surface area contributed by atoms with Crippen molar-refractivity contribution in [2.75, 3.05) is 0 Å². The van der Waals surface area contributed by atoms with E-state index >= 15 is 0 Å². The average Bonchev–Trinajstić information content (AvgIpc) is 3.04. The number of carbonyl (C=O) groups is 2. The highest BCUT2D eigenvalue weighted by molar-refractivity contribution is 6.53. The van der Waals surface area contributed by atoms with Gasteiger partial charge >= 0.3 is 7.12 Å². The van der Waals surface area contributed by atoms with E-state index in [4.69, 9.17) is 16.3 Å². The lowest BCUT2D eigenvalue weighted by atomic mass is 9.54. The lowest BCUT2D eigenvalue weighted by molar-refractivity contribution is -0.143. The molecular weight excluding hydrogens is 441 g/mol. The fourth-order valence-electron chi connectivity index (χ4n) is 6.65. The van der Waals surface area contributed by atoms with Gasteiger partial charge in [0.15, 0.2) is 0 Å². The fourth-order valence-corrected chi connectivity index (χ4v) is 6.95. The first-order valence-electron chi connectivity index (χ1n) is 12.3. The first-order chi connectivity index (χ1) is 15.9. The summed E-state index contributed by atoms with van der Waals surface area (Å²) in [7, 11) is -1.13. The molecule has 2 heterocycles. The number of nitrogens with zero attached hydrogens (tertiary/aromatic N) is 1. The standard InChI is InChI=1S/C25H31BClNO5/c1-2-6-14-11-19-22(25(31)28(24(19)30)15-7-4-3-5-8-15)18-13-21(33-26(32)23(14)18)17-10-9-16(29)12-20(17)27/h9-10,12,15,18-19,21-22,29,32H,2-8,11,13H2,1H3/t18-,19-,21-,22+/m0/s1. The van der Waals surface area contributed by atoms with Crippen LogP contribution in [0.4, 0.5) is 0 Å². The van der Waals surface area contributed by atoms with Crippen molar-refractivity contribution in [3.8, 4) is 5.75 Å². The van der Waals surface area contributed by atoms with Crippen molar-refractivity contribution in [2.24, 2.45) is 17.8 Å². The number of rotatable bonds is 4. The van der Waals surface area contributed by atoms with Crippen LogP contribution in [-0.2, 0) is 14.2 Å². The van der Waals surface area contributed by atoms with Crippen LogP contribution in [0.3, 0.4) is 0 Å². The summed E-state index contributed by atoms with van der Waals surface area (Å²) in [5, 5.41) is 21.2. The number of amides is 2. The molecular formula is C25H31BClNO5. The number of fused-ring (bicyclic) bond motifs is 3. The molecule has 2 aliphatic carbocycles. The normalized spacial score (nSPS) is 30.6. The molecule has 2 saturated heterocycles.